The van der Waals surface area contributed by atoms with Crippen LogP contribution < -0.4 is 0 Å². The van der Waals surface area contributed by atoms with Crippen LogP contribution in [0.15, 0.2) is 0 Å². The fourth-order valence-corrected chi connectivity index (χ4v) is 4.16. The second-order valence-corrected chi connectivity index (χ2v) is 6.60. The fraction of sp³-hybridized carbons (Fsp3) is 1.00. The summed E-state index contributed by atoms with van der Waals surface area (Å²) >= 11 is 0. The Morgan fingerprint density at radius 1 is 1.00 bits per heavy atom. The average molecular weight is 245 g/mol. The Hall–Kier alpha value is -0.220. The van der Waals surface area contributed by atoms with Crippen LogP contribution in [0.5, 0.6) is 0 Å². The second kappa shape index (κ2) is 3.42. The lowest BCUT2D eigenvalue weighted by Gasteiger charge is -2.11. The highest BCUT2D eigenvalue weighted by Crippen LogP contribution is 2.20. The van der Waals surface area contributed by atoms with E-state index in [-0.39, 0.29) is 13.1 Å². The summed E-state index contributed by atoms with van der Waals surface area (Å²) in [4.78, 5) is 1.41. The zero-order valence-corrected chi connectivity index (χ0v) is 8.99. The maximum atomic E-state index is 10.8. The Morgan fingerprint density at radius 2 is 1.29 bits per heavy atom. The first kappa shape index (κ1) is 11.9. The van der Waals surface area contributed by atoms with Gasteiger partial charge in [-0.15, -0.1) is 0 Å². The standard InChI is InChI=1S/C5H11NO6S2/c1-6-2-4(13(7,8)9)5(3-6)14(10,11)12/h4-5H,2-3H2,1H3,(H,7,8,9)(H,10,11,12)/t4-,5+. The van der Waals surface area contributed by atoms with E-state index in [9.17, 15) is 16.8 Å². The van der Waals surface area contributed by atoms with Gasteiger partial charge < -0.3 is 4.90 Å². The van der Waals surface area contributed by atoms with Crippen LogP contribution in [-0.2, 0) is 20.2 Å². The first-order valence-electron chi connectivity index (χ1n) is 3.73. The zero-order valence-electron chi connectivity index (χ0n) is 7.36. The highest BCUT2D eigenvalue weighted by Gasteiger charge is 2.46. The lowest BCUT2D eigenvalue weighted by atomic mass is 10.4. The molecule has 0 aromatic carbocycles. The number of nitrogens with zero attached hydrogens (tertiary/aromatic N) is 1. The summed E-state index contributed by atoms with van der Waals surface area (Å²) in [6, 6.07) is 0. The number of hydrogen-bond donors (Lipinski definition) is 2. The molecule has 1 saturated heterocycles. The van der Waals surface area contributed by atoms with Crippen molar-refractivity contribution in [3.8, 4) is 0 Å². The van der Waals surface area contributed by atoms with E-state index in [4.69, 9.17) is 9.11 Å². The van der Waals surface area contributed by atoms with Gasteiger partial charge in [-0.1, -0.05) is 0 Å². The van der Waals surface area contributed by atoms with Crippen molar-refractivity contribution in [2.45, 2.75) is 10.5 Å². The van der Waals surface area contributed by atoms with Crippen LogP contribution in [0.1, 0.15) is 0 Å². The Morgan fingerprint density at radius 3 is 1.50 bits per heavy atom. The lowest BCUT2D eigenvalue weighted by Crippen LogP contribution is -2.38. The summed E-state index contributed by atoms with van der Waals surface area (Å²) in [5, 5.41) is -2.94. The molecule has 0 aromatic rings. The Kier molecular flexibility index (Phi) is 2.89. The summed E-state index contributed by atoms with van der Waals surface area (Å²) < 4.78 is 60.6. The van der Waals surface area contributed by atoms with E-state index in [2.05, 4.69) is 0 Å². The summed E-state index contributed by atoms with van der Waals surface area (Å²) in [6.45, 7) is -0.216. The number of rotatable bonds is 2. The third-order valence-electron chi connectivity index (χ3n) is 2.16. The summed E-state index contributed by atoms with van der Waals surface area (Å²) in [5.41, 5.74) is 0. The second-order valence-electron chi connectivity index (χ2n) is 3.33. The van der Waals surface area contributed by atoms with Gasteiger partial charge in [0, 0.05) is 13.1 Å². The summed E-state index contributed by atoms with van der Waals surface area (Å²) in [7, 11) is -7.39. The van der Waals surface area contributed by atoms with Gasteiger partial charge in [0.2, 0.25) is 0 Å². The van der Waals surface area contributed by atoms with Crippen molar-refractivity contribution >= 4 is 20.2 Å². The van der Waals surface area contributed by atoms with E-state index in [0.717, 1.165) is 0 Å². The highest BCUT2D eigenvalue weighted by molar-refractivity contribution is 7.90. The van der Waals surface area contributed by atoms with Gasteiger partial charge >= 0.3 is 0 Å². The SMILES string of the molecule is CN1C[C@@H](S(=O)(=O)O)[C@@H](S(=O)(=O)O)C1. The van der Waals surface area contributed by atoms with Crippen molar-refractivity contribution in [2.75, 3.05) is 20.1 Å². The van der Waals surface area contributed by atoms with Crippen LogP contribution >= 0.6 is 0 Å². The predicted octanol–water partition coefficient (Wildman–Crippen LogP) is -1.56. The van der Waals surface area contributed by atoms with Crippen LogP contribution in [0.3, 0.4) is 0 Å². The molecule has 0 bridgehead atoms. The van der Waals surface area contributed by atoms with Gasteiger partial charge in [0.05, 0.1) is 0 Å². The summed E-state index contributed by atoms with van der Waals surface area (Å²) in [6.07, 6.45) is 0. The first-order valence-corrected chi connectivity index (χ1v) is 6.74. The molecular weight excluding hydrogens is 234 g/mol. The maximum Gasteiger partial charge on any atom is 0.270 e. The summed E-state index contributed by atoms with van der Waals surface area (Å²) in [5.74, 6) is 0. The van der Waals surface area contributed by atoms with Crippen molar-refractivity contribution in [1.29, 1.82) is 0 Å². The molecule has 84 valence electrons. The molecular formula is C5H11NO6S2. The zero-order chi connectivity index (χ0) is 11.1. The van der Waals surface area contributed by atoms with E-state index in [1.54, 1.807) is 0 Å². The molecule has 9 heteroatoms. The molecule has 2 N–H and O–H groups in total. The Bertz CT molecular complexity index is 372. The highest BCUT2D eigenvalue weighted by atomic mass is 32.2. The third-order valence-corrected chi connectivity index (χ3v) is 4.82. The Balaban J connectivity index is 3.08. The molecule has 1 rings (SSSR count). The molecule has 2 atom stereocenters. The van der Waals surface area contributed by atoms with Crippen molar-refractivity contribution in [3.05, 3.63) is 0 Å². The quantitative estimate of drug-likeness (QED) is 0.566. The minimum atomic E-state index is -4.45. The topological polar surface area (TPSA) is 112 Å². The van der Waals surface area contributed by atoms with Crippen LogP contribution in [-0.4, -0.2) is 61.5 Å². The van der Waals surface area contributed by atoms with Gasteiger partial charge in [-0.2, -0.15) is 16.8 Å². The maximum absolute atomic E-state index is 10.8. The molecule has 0 unspecified atom stereocenters. The first-order chi connectivity index (χ1) is 6.12. The molecule has 0 aromatic heterocycles. The number of likely N-dealkylation sites (tertiary alicyclic amines) is 1. The van der Waals surface area contributed by atoms with Gasteiger partial charge in [0.25, 0.3) is 20.2 Å². The largest absolute Gasteiger partial charge is 0.304 e. The van der Waals surface area contributed by atoms with Crippen LogP contribution in [0.2, 0.25) is 0 Å². The normalized spacial score (nSPS) is 30.8. The third kappa shape index (κ3) is 2.42. The van der Waals surface area contributed by atoms with Crippen molar-refractivity contribution in [3.63, 3.8) is 0 Å². The molecule has 1 heterocycles. The molecule has 0 aliphatic carbocycles. The van der Waals surface area contributed by atoms with Crippen LogP contribution in [0, 0.1) is 0 Å². The minimum Gasteiger partial charge on any atom is -0.304 e. The monoisotopic (exact) mass is 245 g/mol. The van der Waals surface area contributed by atoms with Gasteiger partial charge in [-0.3, -0.25) is 9.11 Å². The molecule has 1 fully saturated rings. The fourth-order valence-electron chi connectivity index (χ4n) is 1.50. The Labute approximate surface area is 82.2 Å². The molecule has 0 saturated carbocycles. The predicted molar refractivity (Wildman–Crippen MR) is 48.2 cm³/mol. The van der Waals surface area contributed by atoms with Crippen LogP contribution in [0.25, 0.3) is 0 Å². The molecule has 7 nitrogen and oxygen atoms in total. The molecule has 0 radical (unpaired) electrons. The molecule has 0 spiro atoms. The van der Waals surface area contributed by atoms with Gasteiger partial charge in [0.15, 0.2) is 0 Å². The van der Waals surface area contributed by atoms with Gasteiger partial charge in [-0.25, -0.2) is 0 Å². The van der Waals surface area contributed by atoms with E-state index in [1.165, 1.54) is 11.9 Å². The van der Waals surface area contributed by atoms with E-state index < -0.39 is 30.7 Å². The molecule has 14 heavy (non-hydrogen) atoms. The van der Waals surface area contributed by atoms with Gasteiger partial charge in [-0.05, 0) is 7.05 Å². The van der Waals surface area contributed by atoms with Crippen molar-refractivity contribution in [1.82, 2.24) is 4.90 Å². The van der Waals surface area contributed by atoms with E-state index >= 15 is 0 Å². The molecule has 0 amide bonds. The minimum absolute atomic E-state index is 0.108. The number of hydrogen-bond acceptors (Lipinski definition) is 5. The molecule has 1 aliphatic rings. The van der Waals surface area contributed by atoms with Crippen molar-refractivity contribution < 1.29 is 25.9 Å². The smallest absolute Gasteiger partial charge is 0.270 e. The van der Waals surface area contributed by atoms with Crippen LogP contribution in [0.4, 0.5) is 0 Å². The van der Waals surface area contributed by atoms with E-state index in [1.807, 2.05) is 0 Å². The van der Waals surface area contributed by atoms with Gasteiger partial charge in [0.1, 0.15) is 10.5 Å². The molecule has 1 aliphatic heterocycles. The van der Waals surface area contributed by atoms with Crippen molar-refractivity contribution in [2.24, 2.45) is 0 Å². The van der Waals surface area contributed by atoms with E-state index in [0.29, 0.717) is 0 Å². The lowest BCUT2D eigenvalue weighted by molar-refractivity contribution is 0.408. The average Bonchev–Trinajstić information content (AvgIpc) is 2.27.